The molecule has 0 unspecified atom stereocenters. The lowest BCUT2D eigenvalue weighted by atomic mass is 9.92. The highest BCUT2D eigenvalue weighted by molar-refractivity contribution is 7.94. The standard InChI is InChI=1S/C18H20O2S/c1-14-7-9-18(10-8-14)21-20-17-11-16(12-17)19-13-15-5-3-2-4-6-15/h2-10,16-17H,11-13H2,1H3. The van der Waals surface area contributed by atoms with Crippen molar-refractivity contribution in [1.29, 1.82) is 0 Å². The summed E-state index contributed by atoms with van der Waals surface area (Å²) in [6.45, 7) is 2.79. The molecule has 0 saturated heterocycles. The Bertz CT molecular complexity index is 547. The van der Waals surface area contributed by atoms with E-state index in [-0.39, 0.29) is 0 Å². The first-order chi connectivity index (χ1) is 10.3. The number of rotatable bonds is 6. The van der Waals surface area contributed by atoms with Gasteiger partial charge in [-0.2, -0.15) is 0 Å². The number of benzene rings is 2. The highest BCUT2D eigenvalue weighted by Crippen LogP contribution is 2.32. The van der Waals surface area contributed by atoms with Gasteiger partial charge in [-0.3, -0.25) is 0 Å². The van der Waals surface area contributed by atoms with Crippen LogP contribution in [0.1, 0.15) is 24.0 Å². The maximum absolute atomic E-state index is 5.87. The van der Waals surface area contributed by atoms with E-state index < -0.39 is 0 Å². The fraction of sp³-hybridized carbons (Fsp3) is 0.333. The second-order valence-corrected chi connectivity index (χ2v) is 6.34. The van der Waals surface area contributed by atoms with Crippen LogP contribution < -0.4 is 0 Å². The van der Waals surface area contributed by atoms with Gasteiger partial charge in [-0.25, -0.2) is 0 Å². The number of ether oxygens (including phenoxy) is 1. The molecule has 21 heavy (non-hydrogen) atoms. The number of hydrogen-bond acceptors (Lipinski definition) is 3. The molecule has 1 saturated carbocycles. The molecule has 0 N–H and O–H groups in total. The Hall–Kier alpha value is -1.29. The van der Waals surface area contributed by atoms with Crippen LogP contribution in [0.15, 0.2) is 59.5 Å². The lowest BCUT2D eigenvalue weighted by Crippen LogP contribution is -2.36. The van der Waals surface area contributed by atoms with Crippen molar-refractivity contribution in [2.45, 2.75) is 43.5 Å². The quantitative estimate of drug-likeness (QED) is 0.716. The second kappa shape index (κ2) is 7.12. The fourth-order valence-corrected chi connectivity index (χ4v) is 2.89. The molecule has 0 heterocycles. The van der Waals surface area contributed by atoms with Crippen molar-refractivity contribution < 1.29 is 8.92 Å². The summed E-state index contributed by atoms with van der Waals surface area (Å²) < 4.78 is 11.7. The van der Waals surface area contributed by atoms with Crippen LogP contribution in [0.25, 0.3) is 0 Å². The van der Waals surface area contributed by atoms with Gasteiger partial charge in [0, 0.05) is 29.8 Å². The maximum Gasteiger partial charge on any atom is 0.0776 e. The predicted molar refractivity (Wildman–Crippen MR) is 86.2 cm³/mol. The minimum Gasteiger partial charge on any atom is -0.373 e. The average molecular weight is 300 g/mol. The smallest absolute Gasteiger partial charge is 0.0776 e. The third kappa shape index (κ3) is 4.34. The van der Waals surface area contributed by atoms with Crippen LogP contribution >= 0.6 is 12.0 Å². The zero-order valence-corrected chi connectivity index (χ0v) is 13.0. The van der Waals surface area contributed by atoms with Gasteiger partial charge in [0.2, 0.25) is 0 Å². The van der Waals surface area contributed by atoms with Gasteiger partial charge in [0.1, 0.15) is 0 Å². The van der Waals surface area contributed by atoms with Crippen molar-refractivity contribution in [2.24, 2.45) is 0 Å². The molecule has 2 aromatic carbocycles. The van der Waals surface area contributed by atoms with Crippen molar-refractivity contribution >= 4 is 12.0 Å². The zero-order valence-electron chi connectivity index (χ0n) is 12.2. The van der Waals surface area contributed by atoms with E-state index in [1.165, 1.54) is 23.2 Å². The zero-order chi connectivity index (χ0) is 14.5. The summed E-state index contributed by atoms with van der Waals surface area (Å²) in [5.74, 6) is 0. The molecule has 2 nitrogen and oxygen atoms in total. The average Bonchev–Trinajstić information content (AvgIpc) is 2.48. The minimum absolute atomic E-state index is 0.317. The highest BCUT2D eigenvalue weighted by atomic mass is 32.2. The fourth-order valence-electron chi connectivity index (χ4n) is 2.24. The Labute approximate surface area is 130 Å². The van der Waals surface area contributed by atoms with E-state index in [2.05, 4.69) is 43.3 Å². The van der Waals surface area contributed by atoms with Crippen LogP contribution in [0.4, 0.5) is 0 Å². The summed E-state index contributed by atoms with van der Waals surface area (Å²) in [7, 11) is 0. The Morgan fingerprint density at radius 1 is 0.952 bits per heavy atom. The van der Waals surface area contributed by atoms with Crippen LogP contribution in [-0.4, -0.2) is 12.2 Å². The molecule has 1 aliphatic rings. The molecule has 2 aromatic rings. The Morgan fingerprint density at radius 2 is 1.67 bits per heavy atom. The molecule has 0 aliphatic heterocycles. The van der Waals surface area contributed by atoms with Crippen LogP contribution in [0.3, 0.4) is 0 Å². The van der Waals surface area contributed by atoms with Gasteiger partial charge < -0.3 is 8.92 Å². The number of aryl methyl sites for hydroxylation is 1. The normalized spacial score (nSPS) is 21.0. The molecule has 110 valence electrons. The summed E-state index contributed by atoms with van der Waals surface area (Å²) in [5, 5.41) is 0. The van der Waals surface area contributed by atoms with E-state index in [0.717, 1.165) is 17.7 Å². The molecule has 0 bridgehead atoms. The SMILES string of the molecule is Cc1ccc(SOC2CC(OCc3ccccc3)C2)cc1. The first kappa shape index (κ1) is 14.6. The summed E-state index contributed by atoms with van der Waals surface area (Å²) in [5.41, 5.74) is 2.51. The van der Waals surface area contributed by atoms with Gasteiger partial charge in [-0.15, -0.1) is 0 Å². The van der Waals surface area contributed by atoms with Crippen LogP contribution in [0.2, 0.25) is 0 Å². The lowest BCUT2D eigenvalue weighted by Gasteiger charge is -2.34. The molecule has 1 fully saturated rings. The first-order valence-corrected chi connectivity index (χ1v) is 8.09. The summed E-state index contributed by atoms with van der Waals surface area (Å²) in [4.78, 5) is 1.16. The third-order valence-corrected chi connectivity index (χ3v) is 4.51. The molecular weight excluding hydrogens is 280 g/mol. The highest BCUT2D eigenvalue weighted by Gasteiger charge is 2.31. The van der Waals surface area contributed by atoms with Crippen molar-refractivity contribution in [3.05, 3.63) is 65.7 Å². The molecule has 0 amide bonds. The largest absolute Gasteiger partial charge is 0.373 e. The number of hydrogen-bond donors (Lipinski definition) is 0. The van der Waals surface area contributed by atoms with Gasteiger partial charge in [0.05, 0.1) is 18.8 Å². The summed E-state index contributed by atoms with van der Waals surface area (Å²) in [6.07, 6.45) is 2.64. The molecule has 3 rings (SSSR count). The van der Waals surface area contributed by atoms with E-state index in [0.29, 0.717) is 18.8 Å². The molecular formula is C18H20O2S. The van der Waals surface area contributed by atoms with Crippen LogP contribution in [0, 0.1) is 6.92 Å². The van der Waals surface area contributed by atoms with Gasteiger partial charge >= 0.3 is 0 Å². The van der Waals surface area contributed by atoms with Crippen LogP contribution in [-0.2, 0) is 15.5 Å². The first-order valence-electron chi connectivity index (χ1n) is 7.35. The predicted octanol–water partition coefficient (Wildman–Crippen LogP) is 4.77. The van der Waals surface area contributed by atoms with Gasteiger partial charge in [0.15, 0.2) is 0 Å². The van der Waals surface area contributed by atoms with E-state index in [1.807, 2.05) is 18.2 Å². The molecule has 1 aliphatic carbocycles. The van der Waals surface area contributed by atoms with Gasteiger partial charge in [0.25, 0.3) is 0 Å². The molecule has 3 heteroatoms. The third-order valence-electron chi connectivity index (χ3n) is 3.68. The Balaban J connectivity index is 1.33. The van der Waals surface area contributed by atoms with Gasteiger partial charge in [-0.1, -0.05) is 48.0 Å². The summed E-state index contributed by atoms with van der Waals surface area (Å²) >= 11 is 1.47. The minimum atomic E-state index is 0.317. The Morgan fingerprint density at radius 3 is 2.38 bits per heavy atom. The van der Waals surface area contributed by atoms with Crippen molar-refractivity contribution in [3.63, 3.8) is 0 Å². The lowest BCUT2D eigenvalue weighted by molar-refractivity contribution is -0.0629. The second-order valence-electron chi connectivity index (χ2n) is 5.50. The van der Waals surface area contributed by atoms with Crippen molar-refractivity contribution in [2.75, 3.05) is 0 Å². The van der Waals surface area contributed by atoms with Crippen molar-refractivity contribution in [1.82, 2.24) is 0 Å². The topological polar surface area (TPSA) is 18.5 Å². The van der Waals surface area contributed by atoms with Gasteiger partial charge in [-0.05, 0) is 24.6 Å². The molecule has 0 aromatic heterocycles. The summed E-state index contributed by atoms with van der Waals surface area (Å²) in [6, 6.07) is 18.7. The van der Waals surface area contributed by atoms with E-state index >= 15 is 0 Å². The maximum atomic E-state index is 5.87. The molecule has 0 radical (unpaired) electrons. The van der Waals surface area contributed by atoms with Crippen LogP contribution in [0.5, 0.6) is 0 Å². The molecule has 0 spiro atoms. The van der Waals surface area contributed by atoms with Crippen molar-refractivity contribution in [3.8, 4) is 0 Å². The van der Waals surface area contributed by atoms with E-state index in [9.17, 15) is 0 Å². The molecule has 0 atom stereocenters. The van der Waals surface area contributed by atoms with E-state index in [1.54, 1.807) is 0 Å². The van der Waals surface area contributed by atoms with E-state index in [4.69, 9.17) is 8.92 Å². The monoisotopic (exact) mass is 300 g/mol. The Kier molecular flexibility index (Phi) is 4.96.